The van der Waals surface area contributed by atoms with E-state index in [4.69, 9.17) is 0 Å². The SMILES string of the molecule is CC(C)(C)CC[C@@H](N[C@@H]1CCN(C(=O)O)C[C@H]1C(=O)O)c1ccccc1. The first kappa shape index (κ1) is 20.2. The first-order valence-corrected chi connectivity index (χ1v) is 9.19. The van der Waals surface area contributed by atoms with Crippen LogP contribution in [-0.4, -0.2) is 46.3 Å². The molecule has 3 N–H and O–H groups in total. The summed E-state index contributed by atoms with van der Waals surface area (Å²) in [5, 5.41) is 22.3. The fraction of sp³-hybridized carbons (Fsp3) is 0.600. The van der Waals surface area contributed by atoms with Crippen molar-refractivity contribution in [3.63, 3.8) is 0 Å². The summed E-state index contributed by atoms with van der Waals surface area (Å²) in [4.78, 5) is 24.1. The van der Waals surface area contributed by atoms with E-state index in [-0.39, 0.29) is 24.0 Å². The molecule has 3 atom stereocenters. The maximum atomic E-state index is 11.7. The summed E-state index contributed by atoms with van der Waals surface area (Å²) in [6.45, 7) is 6.97. The van der Waals surface area contributed by atoms with Gasteiger partial charge in [-0.25, -0.2) is 4.79 Å². The highest BCUT2D eigenvalue weighted by atomic mass is 16.4. The van der Waals surface area contributed by atoms with Gasteiger partial charge in [-0.05, 0) is 30.2 Å². The number of carboxylic acid groups (broad SMARTS) is 2. The number of aliphatic carboxylic acids is 1. The molecule has 26 heavy (non-hydrogen) atoms. The Kier molecular flexibility index (Phi) is 6.64. The Morgan fingerprint density at radius 1 is 1.23 bits per heavy atom. The smallest absolute Gasteiger partial charge is 0.407 e. The lowest BCUT2D eigenvalue weighted by molar-refractivity contribution is -0.144. The Morgan fingerprint density at radius 2 is 1.88 bits per heavy atom. The van der Waals surface area contributed by atoms with Gasteiger partial charge in [-0.2, -0.15) is 0 Å². The lowest BCUT2D eigenvalue weighted by Gasteiger charge is -2.38. The van der Waals surface area contributed by atoms with Crippen molar-refractivity contribution in [2.75, 3.05) is 13.1 Å². The molecular weight excluding hydrogens is 332 g/mol. The molecule has 1 fully saturated rings. The Hall–Kier alpha value is -2.08. The van der Waals surface area contributed by atoms with Crippen molar-refractivity contribution in [3.05, 3.63) is 35.9 Å². The fourth-order valence-electron chi connectivity index (χ4n) is 3.44. The second-order valence-electron chi connectivity index (χ2n) is 8.30. The Labute approximate surface area is 155 Å². The molecule has 6 nitrogen and oxygen atoms in total. The van der Waals surface area contributed by atoms with Gasteiger partial charge in [0, 0.05) is 25.2 Å². The van der Waals surface area contributed by atoms with Gasteiger partial charge in [0.25, 0.3) is 0 Å². The summed E-state index contributed by atoms with van der Waals surface area (Å²) in [5.41, 5.74) is 1.33. The lowest BCUT2D eigenvalue weighted by atomic mass is 9.85. The molecule has 0 saturated carbocycles. The lowest BCUT2D eigenvalue weighted by Crippen LogP contribution is -2.54. The van der Waals surface area contributed by atoms with Gasteiger partial charge in [0.1, 0.15) is 0 Å². The number of carboxylic acids is 1. The molecule has 0 bridgehead atoms. The molecular formula is C20H30N2O4. The minimum absolute atomic E-state index is 0.0309. The Balaban J connectivity index is 2.15. The van der Waals surface area contributed by atoms with Gasteiger partial charge >= 0.3 is 12.1 Å². The van der Waals surface area contributed by atoms with Gasteiger partial charge in [0.2, 0.25) is 0 Å². The van der Waals surface area contributed by atoms with Crippen molar-refractivity contribution in [2.45, 2.75) is 52.1 Å². The zero-order chi connectivity index (χ0) is 19.3. The number of hydrogen-bond acceptors (Lipinski definition) is 3. The van der Waals surface area contributed by atoms with E-state index in [0.29, 0.717) is 13.0 Å². The number of benzene rings is 1. The van der Waals surface area contributed by atoms with Crippen LogP contribution in [0, 0.1) is 11.3 Å². The average Bonchev–Trinajstić information content (AvgIpc) is 2.58. The minimum Gasteiger partial charge on any atom is -0.481 e. The molecule has 1 heterocycles. The van der Waals surface area contributed by atoms with Gasteiger partial charge in [-0.1, -0.05) is 51.1 Å². The van der Waals surface area contributed by atoms with Crippen LogP contribution in [0.15, 0.2) is 30.3 Å². The summed E-state index contributed by atoms with van der Waals surface area (Å²) in [6.07, 6.45) is 1.36. The van der Waals surface area contributed by atoms with E-state index in [1.165, 1.54) is 4.90 Å². The molecule has 0 aromatic heterocycles. The second-order valence-corrected chi connectivity index (χ2v) is 8.30. The Morgan fingerprint density at radius 3 is 2.42 bits per heavy atom. The number of amides is 1. The van der Waals surface area contributed by atoms with Crippen LogP contribution in [-0.2, 0) is 4.79 Å². The van der Waals surface area contributed by atoms with Gasteiger partial charge in [0.15, 0.2) is 0 Å². The van der Waals surface area contributed by atoms with Crippen molar-refractivity contribution < 1.29 is 19.8 Å². The van der Waals surface area contributed by atoms with E-state index < -0.39 is 18.0 Å². The summed E-state index contributed by atoms with van der Waals surface area (Å²) < 4.78 is 0. The molecule has 0 spiro atoms. The zero-order valence-electron chi connectivity index (χ0n) is 15.8. The molecule has 1 saturated heterocycles. The van der Waals surface area contributed by atoms with Crippen LogP contribution in [0.1, 0.15) is 51.6 Å². The van der Waals surface area contributed by atoms with Gasteiger partial charge in [0.05, 0.1) is 5.92 Å². The quantitative estimate of drug-likeness (QED) is 0.719. The number of piperidine rings is 1. The van der Waals surface area contributed by atoms with Crippen molar-refractivity contribution in [3.8, 4) is 0 Å². The highest BCUT2D eigenvalue weighted by Gasteiger charge is 2.37. The number of nitrogens with one attached hydrogen (secondary N) is 1. The highest BCUT2D eigenvalue weighted by Crippen LogP contribution is 2.29. The first-order chi connectivity index (χ1) is 12.2. The first-order valence-electron chi connectivity index (χ1n) is 9.19. The molecule has 1 amide bonds. The van der Waals surface area contributed by atoms with Crippen LogP contribution < -0.4 is 5.32 Å². The number of rotatable bonds is 6. The molecule has 1 aromatic rings. The van der Waals surface area contributed by atoms with E-state index in [2.05, 4.69) is 38.2 Å². The van der Waals surface area contributed by atoms with Crippen LogP contribution in [0.25, 0.3) is 0 Å². The van der Waals surface area contributed by atoms with E-state index in [1.807, 2.05) is 18.2 Å². The topological polar surface area (TPSA) is 89.9 Å². The number of nitrogens with zero attached hydrogens (tertiary/aromatic N) is 1. The predicted octanol–water partition coefficient (Wildman–Crippen LogP) is 3.60. The van der Waals surface area contributed by atoms with Crippen LogP contribution in [0.5, 0.6) is 0 Å². The van der Waals surface area contributed by atoms with Crippen molar-refractivity contribution in [2.24, 2.45) is 11.3 Å². The van der Waals surface area contributed by atoms with Crippen molar-refractivity contribution in [1.29, 1.82) is 0 Å². The number of carbonyl (C=O) groups is 2. The molecule has 0 unspecified atom stereocenters. The largest absolute Gasteiger partial charge is 0.481 e. The van der Waals surface area contributed by atoms with Crippen LogP contribution in [0.2, 0.25) is 0 Å². The van der Waals surface area contributed by atoms with E-state index in [1.54, 1.807) is 0 Å². The van der Waals surface area contributed by atoms with Crippen molar-refractivity contribution >= 4 is 12.1 Å². The zero-order valence-corrected chi connectivity index (χ0v) is 15.8. The third kappa shape index (κ3) is 5.73. The molecule has 1 aliphatic heterocycles. The highest BCUT2D eigenvalue weighted by molar-refractivity contribution is 5.73. The predicted molar refractivity (Wildman–Crippen MR) is 100 cm³/mol. The van der Waals surface area contributed by atoms with Crippen molar-refractivity contribution in [1.82, 2.24) is 10.2 Å². The minimum atomic E-state index is -1.05. The summed E-state index contributed by atoms with van der Waals surface area (Å²) in [7, 11) is 0. The summed E-state index contributed by atoms with van der Waals surface area (Å²) in [6, 6.07) is 9.87. The fourth-order valence-corrected chi connectivity index (χ4v) is 3.44. The standard InChI is InChI=1S/C20H30N2O4/c1-20(2,3)11-9-16(14-7-5-4-6-8-14)21-17-10-12-22(19(25)26)13-15(17)18(23)24/h4-8,15-17,21H,9-13H2,1-3H3,(H,23,24)(H,25,26)/t15-,16-,17-/m1/s1. The maximum Gasteiger partial charge on any atom is 0.407 e. The Bertz CT molecular complexity index is 612. The van der Waals surface area contributed by atoms with Gasteiger partial charge in [-0.15, -0.1) is 0 Å². The molecule has 1 aliphatic rings. The van der Waals surface area contributed by atoms with Gasteiger partial charge in [-0.3, -0.25) is 4.79 Å². The van der Waals surface area contributed by atoms with E-state index in [9.17, 15) is 19.8 Å². The molecule has 2 rings (SSSR count). The maximum absolute atomic E-state index is 11.7. The normalized spacial score (nSPS) is 22.0. The van der Waals surface area contributed by atoms with E-state index in [0.717, 1.165) is 18.4 Å². The summed E-state index contributed by atoms with van der Waals surface area (Å²) >= 11 is 0. The van der Waals surface area contributed by atoms with E-state index >= 15 is 0 Å². The molecule has 0 radical (unpaired) electrons. The molecule has 144 valence electrons. The van der Waals surface area contributed by atoms with Crippen LogP contribution in [0.4, 0.5) is 4.79 Å². The molecule has 0 aliphatic carbocycles. The van der Waals surface area contributed by atoms with Gasteiger partial charge < -0.3 is 20.4 Å². The second kappa shape index (κ2) is 8.54. The third-order valence-electron chi connectivity index (χ3n) is 5.00. The molecule has 6 heteroatoms. The van der Waals surface area contributed by atoms with Crippen LogP contribution >= 0.6 is 0 Å². The van der Waals surface area contributed by atoms with Crippen LogP contribution in [0.3, 0.4) is 0 Å². The molecule has 1 aromatic carbocycles. The average molecular weight is 362 g/mol. The number of likely N-dealkylation sites (tertiary alicyclic amines) is 1. The third-order valence-corrected chi connectivity index (χ3v) is 5.00. The monoisotopic (exact) mass is 362 g/mol. The summed E-state index contributed by atoms with van der Waals surface area (Å²) in [5.74, 6) is -1.68. The number of hydrogen-bond donors (Lipinski definition) is 3.